The van der Waals surface area contributed by atoms with Gasteiger partial charge in [-0.25, -0.2) is 19.3 Å². The number of halogens is 2. The lowest BCUT2D eigenvalue weighted by Crippen LogP contribution is -2.48. The van der Waals surface area contributed by atoms with E-state index in [0.29, 0.717) is 29.5 Å². The minimum absolute atomic E-state index is 0.00609. The first-order valence-corrected chi connectivity index (χ1v) is 12.1. The van der Waals surface area contributed by atoms with E-state index >= 15 is 4.39 Å². The summed E-state index contributed by atoms with van der Waals surface area (Å²) in [7, 11) is 0. The molecule has 0 bridgehead atoms. The summed E-state index contributed by atoms with van der Waals surface area (Å²) in [5.74, 6) is -7.03. The van der Waals surface area contributed by atoms with Crippen molar-refractivity contribution in [3.8, 4) is 28.5 Å². The minimum Gasteiger partial charge on any atom is -0.504 e. The molecule has 1 saturated heterocycles. The van der Waals surface area contributed by atoms with Gasteiger partial charge in [0.1, 0.15) is 17.3 Å². The van der Waals surface area contributed by atoms with E-state index in [1.807, 2.05) is 6.92 Å². The van der Waals surface area contributed by atoms with E-state index in [-0.39, 0.29) is 35.5 Å². The van der Waals surface area contributed by atoms with Crippen molar-refractivity contribution >= 4 is 23.3 Å². The monoisotopic (exact) mass is 527 g/mol. The average Bonchev–Trinajstić information content (AvgIpc) is 3.72. The van der Waals surface area contributed by atoms with Gasteiger partial charge in [0.25, 0.3) is 0 Å². The predicted molar refractivity (Wildman–Crippen MR) is 135 cm³/mol. The molecule has 200 valence electrons. The van der Waals surface area contributed by atoms with E-state index in [2.05, 4.69) is 24.9 Å². The number of aromatic nitrogens is 4. The summed E-state index contributed by atoms with van der Waals surface area (Å²) >= 11 is 0. The third kappa shape index (κ3) is 4.53. The van der Waals surface area contributed by atoms with Crippen LogP contribution in [-0.2, 0) is 4.74 Å². The number of aromatic hydroxyl groups is 3. The van der Waals surface area contributed by atoms with Crippen molar-refractivity contribution < 1.29 is 28.8 Å². The third-order valence-corrected chi connectivity index (χ3v) is 6.56. The van der Waals surface area contributed by atoms with E-state index in [1.165, 1.54) is 6.20 Å². The second-order valence-electron chi connectivity index (χ2n) is 9.50. The van der Waals surface area contributed by atoms with Gasteiger partial charge in [0.15, 0.2) is 28.7 Å². The second-order valence-corrected chi connectivity index (χ2v) is 9.50. The number of aryl methyl sites for hydroxylation is 2. The molecule has 2 unspecified atom stereocenters. The molecule has 13 heteroatoms. The van der Waals surface area contributed by atoms with E-state index in [4.69, 9.17) is 10.5 Å². The van der Waals surface area contributed by atoms with Crippen molar-refractivity contribution in [3.05, 3.63) is 34.8 Å². The number of phenolic OH excluding ortho intramolecular Hbond substituents is 3. The highest BCUT2D eigenvalue weighted by molar-refractivity contribution is 5.91. The number of rotatable bonds is 5. The Hall–Kier alpha value is -4.13. The lowest BCUT2D eigenvalue weighted by molar-refractivity contribution is 0.00666. The molecule has 0 radical (unpaired) electrons. The number of morpholine rings is 1. The van der Waals surface area contributed by atoms with Crippen molar-refractivity contribution in [1.29, 1.82) is 0 Å². The number of anilines is 1. The van der Waals surface area contributed by atoms with Crippen LogP contribution in [0.5, 0.6) is 17.2 Å². The number of phenols is 3. The Labute approximate surface area is 216 Å². The highest BCUT2D eigenvalue weighted by Crippen LogP contribution is 2.46. The zero-order valence-corrected chi connectivity index (χ0v) is 21.0. The van der Waals surface area contributed by atoms with Gasteiger partial charge in [0.2, 0.25) is 11.8 Å². The number of nitrogens with two attached hydrogens (primary N) is 1. The van der Waals surface area contributed by atoms with Gasteiger partial charge in [-0.2, -0.15) is 9.37 Å². The molecule has 3 heterocycles. The topological polar surface area (TPSA) is 163 Å². The van der Waals surface area contributed by atoms with Crippen LogP contribution >= 0.6 is 0 Å². The Morgan fingerprint density at radius 2 is 1.71 bits per heavy atom. The molecule has 1 aliphatic carbocycles. The van der Waals surface area contributed by atoms with Crippen LogP contribution in [0.1, 0.15) is 31.2 Å². The molecule has 38 heavy (non-hydrogen) atoms. The molecule has 1 aromatic carbocycles. The normalized spacial score (nSPS) is 20.6. The highest BCUT2D eigenvalue weighted by Gasteiger charge is 2.33. The SMILES string of the molecule is Cc1nc2nc(N3CC(C)OC(/C(C=NC4CC4)=C/N)C3)nc(-c3c(O)c(O)c(F)c(O)c3F)c2nc1C. The van der Waals surface area contributed by atoms with Crippen molar-refractivity contribution in [3.63, 3.8) is 0 Å². The molecule has 2 fully saturated rings. The summed E-state index contributed by atoms with van der Waals surface area (Å²) in [4.78, 5) is 24.2. The van der Waals surface area contributed by atoms with Gasteiger partial charge >= 0.3 is 0 Å². The van der Waals surface area contributed by atoms with Gasteiger partial charge in [-0.05, 0) is 33.6 Å². The van der Waals surface area contributed by atoms with Crippen LogP contribution in [0.4, 0.5) is 14.7 Å². The van der Waals surface area contributed by atoms with Crippen LogP contribution in [0.25, 0.3) is 22.4 Å². The third-order valence-electron chi connectivity index (χ3n) is 6.56. The maximum atomic E-state index is 15.2. The Balaban J connectivity index is 1.65. The van der Waals surface area contributed by atoms with E-state index in [9.17, 15) is 19.7 Å². The van der Waals surface area contributed by atoms with E-state index in [1.54, 1.807) is 25.0 Å². The summed E-state index contributed by atoms with van der Waals surface area (Å²) in [6.07, 6.45) is 4.47. The Kier molecular flexibility index (Phi) is 6.47. The first-order valence-electron chi connectivity index (χ1n) is 12.1. The largest absolute Gasteiger partial charge is 0.504 e. The molecule has 11 nitrogen and oxygen atoms in total. The van der Waals surface area contributed by atoms with Gasteiger partial charge < -0.3 is 30.7 Å². The number of aliphatic imine (C=N–C) groups is 1. The summed E-state index contributed by atoms with van der Waals surface area (Å²) in [6.45, 7) is 5.88. The fourth-order valence-corrected chi connectivity index (χ4v) is 4.23. The maximum Gasteiger partial charge on any atom is 0.228 e. The van der Waals surface area contributed by atoms with Crippen LogP contribution in [0.3, 0.4) is 0 Å². The summed E-state index contributed by atoms with van der Waals surface area (Å²) < 4.78 is 35.3. The molecular weight excluding hydrogens is 500 g/mol. The molecule has 5 N–H and O–H groups in total. The van der Waals surface area contributed by atoms with E-state index in [0.717, 1.165) is 12.8 Å². The fraction of sp³-hybridized carbons (Fsp3) is 0.400. The number of hydrogen-bond acceptors (Lipinski definition) is 11. The van der Waals surface area contributed by atoms with Crippen molar-refractivity contribution in [1.82, 2.24) is 19.9 Å². The first-order chi connectivity index (χ1) is 18.1. The standard InChI is InChI=1S/C25H27F2N7O4/c1-10-8-34(9-15(38-10)13(6-28)7-29-14-4-5-14)25-32-19(20-24(33-25)31-12(3)11(2)30-20)16-17(26)22(36)18(27)23(37)21(16)35/h6-7,10,14-15,35-37H,4-5,8-9,28H2,1-3H3/b13-6+,29-7?. The van der Waals surface area contributed by atoms with Gasteiger partial charge in [-0.15, -0.1) is 0 Å². The van der Waals surface area contributed by atoms with E-state index < -0.39 is 40.6 Å². The number of ether oxygens (including phenoxy) is 1. The molecule has 5 rings (SSSR count). The molecule has 2 atom stereocenters. The summed E-state index contributed by atoms with van der Waals surface area (Å²) in [6, 6.07) is 0.296. The highest BCUT2D eigenvalue weighted by atomic mass is 19.1. The molecular formula is C25H27F2N7O4. The van der Waals surface area contributed by atoms with Crippen LogP contribution < -0.4 is 10.6 Å². The van der Waals surface area contributed by atoms with Gasteiger partial charge in [-0.3, -0.25) is 4.99 Å². The fourth-order valence-electron chi connectivity index (χ4n) is 4.23. The van der Waals surface area contributed by atoms with Crippen LogP contribution in [0.2, 0.25) is 0 Å². The van der Waals surface area contributed by atoms with Crippen LogP contribution in [-0.4, -0.2) is 72.8 Å². The number of benzene rings is 1. The average molecular weight is 528 g/mol. The van der Waals surface area contributed by atoms with Gasteiger partial charge in [0.05, 0.1) is 35.6 Å². The van der Waals surface area contributed by atoms with Crippen molar-refractivity contribution in [2.45, 2.75) is 51.9 Å². The Morgan fingerprint density at radius 3 is 2.39 bits per heavy atom. The van der Waals surface area contributed by atoms with Crippen molar-refractivity contribution in [2.24, 2.45) is 10.7 Å². The number of fused-ring (bicyclic) bond motifs is 1. The zero-order chi connectivity index (χ0) is 27.3. The Bertz CT molecular complexity index is 1460. The molecule has 2 aliphatic rings. The first kappa shape index (κ1) is 25.5. The zero-order valence-electron chi connectivity index (χ0n) is 21.0. The Morgan fingerprint density at radius 1 is 1.00 bits per heavy atom. The lowest BCUT2D eigenvalue weighted by atomic mass is 10.1. The predicted octanol–water partition coefficient (Wildman–Crippen LogP) is 2.77. The summed E-state index contributed by atoms with van der Waals surface area (Å²) in [5, 5.41) is 30.4. The molecule has 1 aliphatic heterocycles. The molecule has 3 aromatic rings. The second kappa shape index (κ2) is 9.63. The molecule has 2 aromatic heterocycles. The minimum atomic E-state index is -1.70. The quantitative estimate of drug-likeness (QED) is 0.220. The van der Waals surface area contributed by atoms with Crippen LogP contribution in [0, 0.1) is 25.5 Å². The molecule has 0 spiro atoms. The lowest BCUT2D eigenvalue weighted by Gasteiger charge is -2.37. The van der Waals surface area contributed by atoms with Gasteiger partial charge in [-0.1, -0.05) is 0 Å². The molecule has 1 saturated carbocycles. The summed E-state index contributed by atoms with van der Waals surface area (Å²) in [5.41, 5.74) is 6.65. The maximum absolute atomic E-state index is 15.2. The number of nitrogens with zero attached hydrogens (tertiary/aromatic N) is 6. The van der Waals surface area contributed by atoms with Crippen LogP contribution in [0.15, 0.2) is 16.8 Å². The smallest absolute Gasteiger partial charge is 0.228 e. The molecule has 0 amide bonds. The van der Waals surface area contributed by atoms with Crippen molar-refractivity contribution in [2.75, 3.05) is 18.0 Å². The number of hydrogen-bond donors (Lipinski definition) is 4. The van der Waals surface area contributed by atoms with Gasteiger partial charge in [0, 0.05) is 24.5 Å².